The minimum atomic E-state index is -1.53. The van der Waals surface area contributed by atoms with Gasteiger partial charge in [-0.15, -0.1) is 0 Å². The molecular weight excluding hydrogens is 514 g/mol. The highest BCUT2D eigenvalue weighted by Crippen LogP contribution is 2.06. The van der Waals surface area contributed by atoms with Gasteiger partial charge in [-0.3, -0.25) is 24.0 Å². The van der Waals surface area contributed by atoms with Gasteiger partial charge in [0.05, 0.1) is 18.8 Å². The molecule has 2 aromatic rings. The summed E-state index contributed by atoms with van der Waals surface area (Å²) in [6.45, 7) is 0. The van der Waals surface area contributed by atoms with Crippen LogP contribution in [0.1, 0.15) is 30.5 Å². The predicted octanol–water partition coefficient (Wildman–Crippen LogP) is -2.20. The van der Waals surface area contributed by atoms with E-state index in [9.17, 15) is 33.9 Å². The number of benzene rings is 1. The van der Waals surface area contributed by atoms with Crippen molar-refractivity contribution in [1.29, 1.82) is 0 Å². The highest BCUT2D eigenvalue weighted by atomic mass is 16.4. The van der Waals surface area contributed by atoms with Gasteiger partial charge in [0.15, 0.2) is 0 Å². The van der Waals surface area contributed by atoms with Gasteiger partial charge in [0.1, 0.15) is 18.1 Å². The van der Waals surface area contributed by atoms with Gasteiger partial charge in [-0.25, -0.2) is 9.78 Å². The molecule has 1 aromatic carbocycles. The molecular formula is C24H31N7O8. The largest absolute Gasteiger partial charge is 0.481 e. The second kappa shape index (κ2) is 14.8. The molecule has 1 heterocycles. The van der Waals surface area contributed by atoms with Crippen molar-refractivity contribution in [2.24, 2.45) is 11.5 Å². The number of aromatic amines is 1. The van der Waals surface area contributed by atoms with E-state index in [1.54, 1.807) is 30.3 Å². The fourth-order valence-electron chi connectivity index (χ4n) is 3.55. The van der Waals surface area contributed by atoms with E-state index < -0.39 is 79.0 Å². The molecule has 4 atom stereocenters. The topological polar surface area (TPSA) is 260 Å². The molecule has 0 saturated heterocycles. The Morgan fingerprint density at radius 2 is 1.49 bits per heavy atom. The Morgan fingerprint density at radius 3 is 2.05 bits per heavy atom. The Bertz CT molecular complexity index is 1160. The highest BCUT2D eigenvalue weighted by Gasteiger charge is 2.31. The number of aromatic nitrogens is 2. The monoisotopic (exact) mass is 545 g/mol. The van der Waals surface area contributed by atoms with Crippen molar-refractivity contribution in [3.63, 3.8) is 0 Å². The van der Waals surface area contributed by atoms with Crippen LogP contribution in [-0.2, 0) is 41.6 Å². The maximum Gasteiger partial charge on any atom is 0.326 e. The van der Waals surface area contributed by atoms with Crippen LogP contribution < -0.4 is 27.4 Å². The summed E-state index contributed by atoms with van der Waals surface area (Å²) in [6.07, 6.45) is 1.06. The Kier molecular flexibility index (Phi) is 11.6. The fourth-order valence-corrected chi connectivity index (χ4v) is 3.55. The minimum absolute atomic E-state index is 0.133. The van der Waals surface area contributed by atoms with Crippen LogP contribution >= 0.6 is 0 Å². The van der Waals surface area contributed by atoms with Gasteiger partial charge in [-0.05, 0) is 18.4 Å². The number of primary amides is 1. The number of nitrogens with two attached hydrogens (primary N) is 2. The standard InChI is InChI=1S/C24H31N7O8/c25-15(8-13-4-2-1-3-5-13)21(35)30-17(10-19(26)32)23(37)29-16(6-7-20(33)34)22(36)31-18(24(38)39)9-14-11-27-12-28-14/h1-5,11-12,15-18H,6-10,25H2,(H2,26,32)(H,27,28)(H,29,37)(H,30,35)(H,31,36)(H,33,34)(H,38,39). The normalized spacial score (nSPS) is 13.8. The van der Waals surface area contributed by atoms with E-state index >= 15 is 0 Å². The molecule has 1 aromatic heterocycles. The number of nitrogens with one attached hydrogen (secondary N) is 4. The van der Waals surface area contributed by atoms with Crippen molar-refractivity contribution in [2.75, 3.05) is 0 Å². The smallest absolute Gasteiger partial charge is 0.326 e. The van der Waals surface area contributed by atoms with Gasteiger partial charge in [0.2, 0.25) is 23.6 Å². The summed E-state index contributed by atoms with van der Waals surface area (Å²) in [6, 6.07) is 3.26. The lowest BCUT2D eigenvalue weighted by atomic mass is 10.0. The summed E-state index contributed by atoms with van der Waals surface area (Å²) in [5, 5.41) is 25.5. The van der Waals surface area contributed by atoms with Crippen LogP contribution in [0.15, 0.2) is 42.9 Å². The lowest BCUT2D eigenvalue weighted by Gasteiger charge is -2.24. The van der Waals surface area contributed by atoms with Crippen molar-refractivity contribution in [1.82, 2.24) is 25.9 Å². The van der Waals surface area contributed by atoms with Gasteiger partial charge < -0.3 is 42.6 Å². The summed E-state index contributed by atoms with van der Waals surface area (Å²) in [5.41, 5.74) is 12.3. The molecule has 0 radical (unpaired) electrons. The Hall–Kier alpha value is -4.79. The van der Waals surface area contributed by atoms with Crippen molar-refractivity contribution in [2.45, 2.75) is 56.3 Å². The first-order valence-electron chi connectivity index (χ1n) is 11.9. The number of carboxylic acid groups (broad SMARTS) is 2. The molecule has 4 amide bonds. The molecule has 15 nitrogen and oxygen atoms in total. The number of H-pyrrole nitrogens is 1. The van der Waals surface area contributed by atoms with Crippen LogP contribution in [-0.4, -0.2) is 79.9 Å². The number of amides is 4. The van der Waals surface area contributed by atoms with E-state index in [0.29, 0.717) is 5.69 Å². The van der Waals surface area contributed by atoms with Gasteiger partial charge in [0.25, 0.3) is 0 Å². The van der Waals surface area contributed by atoms with Crippen molar-refractivity contribution < 1.29 is 39.0 Å². The summed E-state index contributed by atoms with van der Waals surface area (Å²) >= 11 is 0. The number of carbonyl (C=O) groups excluding carboxylic acids is 4. The number of carboxylic acids is 2. The van der Waals surface area contributed by atoms with Gasteiger partial charge in [-0.2, -0.15) is 0 Å². The molecule has 10 N–H and O–H groups in total. The summed E-state index contributed by atoms with van der Waals surface area (Å²) < 4.78 is 0. The van der Waals surface area contributed by atoms with Crippen LogP contribution in [0.4, 0.5) is 0 Å². The molecule has 210 valence electrons. The Labute approximate surface area is 222 Å². The molecule has 0 aliphatic rings. The third kappa shape index (κ3) is 10.6. The molecule has 39 heavy (non-hydrogen) atoms. The lowest BCUT2D eigenvalue weighted by Crippen LogP contribution is -2.58. The molecule has 15 heteroatoms. The maximum atomic E-state index is 13.0. The number of imidazole rings is 1. The molecule has 0 bridgehead atoms. The zero-order valence-electron chi connectivity index (χ0n) is 20.8. The quantitative estimate of drug-likeness (QED) is 0.113. The second-order valence-electron chi connectivity index (χ2n) is 8.70. The lowest BCUT2D eigenvalue weighted by molar-refractivity contribution is -0.143. The van der Waals surface area contributed by atoms with Crippen molar-refractivity contribution in [3.8, 4) is 0 Å². The van der Waals surface area contributed by atoms with E-state index in [1.807, 2.05) is 0 Å². The van der Waals surface area contributed by atoms with E-state index in [1.165, 1.54) is 12.5 Å². The summed E-state index contributed by atoms with van der Waals surface area (Å²) in [4.78, 5) is 79.4. The average molecular weight is 546 g/mol. The van der Waals surface area contributed by atoms with Gasteiger partial charge >= 0.3 is 11.9 Å². The fraction of sp³-hybridized carbons (Fsp3) is 0.375. The van der Waals surface area contributed by atoms with Gasteiger partial charge in [0, 0.05) is 24.7 Å². The number of nitrogens with zero attached hydrogens (tertiary/aromatic N) is 1. The van der Waals surface area contributed by atoms with Crippen LogP contribution in [0, 0.1) is 0 Å². The highest BCUT2D eigenvalue weighted by molar-refractivity contribution is 5.96. The van der Waals surface area contributed by atoms with E-state index in [2.05, 4.69) is 25.9 Å². The number of aliphatic carboxylic acids is 2. The van der Waals surface area contributed by atoms with Crippen molar-refractivity contribution >= 4 is 35.6 Å². The van der Waals surface area contributed by atoms with Crippen LogP contribution in [0.5, 0.6) is 0 Å². The third-order valence-electron chi connectivity index (χ3n) is 5.55. The number of hydrogen-bond acceptors (Lipinski definition) is 8. The number of hydrogen-bond donors (Lipinski definition) is 8. The van der Waals surface area contributed by atoms with E-state index in [-0.39, 0.29) is 12.8 Å². The number of rotatable bonds is 16. The van der Waals surface area contributed by atoms with Gasteiger partial charge in [-0.1, -0.05) is 30.3 Å². The second-order valence-corrected chi connectivity index (χ2v) is 8.70. The maximum absolute atomic E-state index is 13.0. The zero-order valence-corrected chi connectivity index (χ0v) is 20.8. The van der Waals surface area contributed by atoms with E-state index in [4.69, 9.17) is 16.6 Å². The Morgan fingerprint density at radius 1 is 0.872 bits per heavy atom. The van der Waals surface area contributed by atoms with Crippen LogP contribution in [0.2, 0.25) is 0 Å². The summed E-state index contributed by atoms with van der Waals surface area (Å²) in [5.74, 6) is -6.36. The molecule has 4 unspecified atom stereocenters. The summed E-state index contributed by atoms with van der Waals surface area (Å²) in [7, 11) is 0. The van der Waals surface area contributed by atoms with Crippen LogP contribution in [0.3, 0.4) is 0 Å². The average Bonchev–Trinajstić information content (AvgIpc) is 3.38. The first kappa shape index (κ1) is 30.4. The number of carbonyl (C=O) groups is 6. The predicted molar refractivity (Wildman–Crippen MR) is 135 cm³/mol. The SMILES string of the molecule is NC(=O)CC(NC(=O)C(N)Cc1ccccc1)C(=O)NC(CCC(=O)O)C(=O)NC(Cc1cnc[nH]1)C(=O)O. The first-order chi connectivity index (χ1) is 18.5. The van der Waals surface area contributed by atoms with Crippen molar-refractivity contribution in [3.05, 3.63) is 54.1 Å². The molecule has 0 aliphatic heterocycles. The molecule has 0 aliphatic carbocycles. The Balaban J connectivity index is 2.13. The van der Waals surface area contributed by atoms with E-state index in [0.717, 1.165) is 5.56 Å². The third-order valence-corrected chi connectivity index (χ3v) is 5.55. The zero-order chi connectivity index (χ0) is 28.9. The molecule has 0 saturated carbocycles. The van der Waals surface area contributed by atoms with Crippen LogP contribution in [0.25, 0.3) is 0 Å². The molecule has 0 spiro atoms. The first-order valence-corrected chi connectivity index (χ1v) is 11.9. The minimum Gasteiger partial charge on any atom is -0.481 e. The molecule has 2 rings (SSSR count). The molecule has 0 fully saturated rings.